The van der Waals surface area contributed by atoms with Gasteiger partial charge in [0.15, 0.2) is 0 Å². The number of aliphatic hydroxyl groups is 1. The summed E-state index contributed by atoms with van der Waals surface area (Å²) in [5, 5.41) is 10.2. The van der Waals surface area contributed by atoms with E-state index in [0.717, 1.165) is 12.2 Å². The topological polar surface area (TPSA) is 20.2 Å². The van der Waals surface area contributed by atoms with Gasteiger partial charge in [-0.05, 0) is 24.0 Å². The molecule has 1 N–H and O–H groups in total. The van der Waals surface area contributed by atoms with E-state index in [0.29, 0.717) is 11.8 Å². The minimum absolute atomic E-state index is 0.179. The van der Waals surface area contributed by atoms with Crippen molar-refractivity contribution in [3.8, 4) is 0 Å². The molecule has 2 atom stereocenters. The second-order valence-electron chi connectivity index (χ2n) is 4.65. The fraction of sp³-hybridized carbons (Fsp3) is 0.538. The average molecular weight is 222 g/mol. The van der Waals surface area contributed by atoms with E-state index >= 15 is 0 Å². The summed E-state index contributed by atoms with van der Waals surface area (Å²) in [5.41, 5.74) is 1.34. The average Bonchev–Trinajstić information content (AvgIpc) is 2.59. The normalized spacial score (nSPS) is 21.7. The van der Waals surface area contributed by atoms with Gasteiger partial charge < -0.3 is 5.11 Å². The number of benzene rings is 1. The molecule has 0 aliphatic carbocycles. The molecule has 0 saturated heterocycles. The van der Waals surface area contributed by atoms with Crippen molar-refractivity contribution in [2.75, 3.05) is 5.75 Å². The number of aliphatic hydroxyl groups excluding tert-OH is 1. The summed E-state index contributed by atoms with van der Waals surface area (Å²) in [6.45, 7) is 4.33. The lowest BCUT2D eigenvalue weighted by Gasteiger charge is -2.20. The molecule has 2 unspecified atom stereocenters. The molecule has 2 rings (SSSR count). The van der Waals surface area contributed by atoms with Crippen molar-refractivity contribution >= 4 is 11.8 Å². The van der Waals surface area contributed by atoms with E-state index in [-0.39, 0.29) is 6.10 Å². The largest absolute Gasteiger partial charge is 0.392 e. The third-order valence-electron chi connectivity index (χ3n) is 2.91. The molecule has 1 aromatic carbocycles. The zero-order valence-corrected chi connectivity index (χ0v) is 10.1. The summed E-state index contributed by atoms with van der Waals surface area (Å²) in [5.74, 6) is 1.94. The van der Waals surface area contributed by atoms with Crippen LogP contribution in [0.5, 0.6) is 0 Å². The molecule has 0 saturated carbocycles. The van der Waals surface area contributed by atoms with Crippen molar-refractivity contribution in [2.24, 2.45) is 5.92 Å². The first-order valence-corrected chi connectivity index (χ1v) is 6.57. The van der Waals surface area contributed by atoms with E-state index in [1.54, 1.807) is 0 Å². The van der Waals surface area contributed by atoms with E-state index in [9.17, 15) is 5.11 Å². The molecule has 1 aliphatic heterocycles. The highest BCUT2D eigenvalue weighted by Crippen LogP contribution is 2.42. The van der Waals surface area contributed by atoms with Crippen molar-refractivity contribution in [2.45, 2.75) is 37.2 Å². The molecule has 82 valence electrons. The van der Waals surface area contributed by atoms with Crippen molar-refractivity contribution in [1.29, 1.82) is 0 Å². The number of rotatable bonds is 3. The molecule has 0 amide bonds. The molecule has 1 aromatic rings. The summed E-state index contributed by atoms with van der Waals surface area (Å²) < 4.78 is 0. The van der Waals surface area contributed by atoms with Crippen LogP contribution in [-0.4, -0.2) is 17.0 Å². The standard InChI is InChI=1S/C13H18OS/c1-9(2)7-12(14)11-8-15-13-6-4-3-5-10(11)13/h3-6,9,11-12,14H,7-8H2,1-2H3. The van der Waals surface area contributed by atoms with E-state index in [1.807, 2.05) is 11.8 Å². The predicted molar refractivity (Wildman–Crippen MR) is 65.4 cm³/mol. The van der Waals surface area contributed by atoms with Crippen LogP contribution in [0.25, 0.3) is 0 Å². The summed E-state index contributed by atoms with van der Waals surface area (Å²) in [6.07, 6.45) is 0.723. The quantitative estimate of drug-likeness (QED) is 0.847. The van der Waals surface area contributed by atoms with Crippen LogP contribution >= 0.6 is 11.8 Å². The molecular formula is C13H18OS. The van der Waals surface area contributed by atoms with Gasteiger partial charge in [-0.3, -0.25) is 0 Å². The van der Waals surface area contributed by atoms with E-state index in [4.69, 9.17) is 0 Å². The Hall–Kier alpha value is -0.470. The van der Waals surface area contributed by atoms with Gasteiger partial charge in [0.2, 0.25) is 0 Å². The van der Waals surface area contributed by atoms with Gasteiger partial charge in [-0.2, -0.15) is 0 Å². The Morgan fingerprint density at radius 1 is 1.40 bits per heavy atom. The maximum absolute atomic E-state index is 10.2. The highest BCUT2D eigenvalue weighted by molar-refractivity contribution is 7.99. The number of hydrogen-bond donors (Lipinski definition) is 1. The van der Waals surface area contributed by atoms with Crippen molar-refractivity contribution in [3.63, 3.8) is 0 Å². The molecular weight excluding hydrogens is 204 g/mol. The minimum atomic E-state index is -0.179. The van der Waals surface area contributed by atoms with Crippen LogP contribution in [-0.2, 0) is 0 Å². The number of fused-ring (bicyclic) bond motifs is 1. The Morgan fingerprint density at radius 2 is 2.13 bits per heavy atom. The molecule has 0 bridgehead atoms. The summed E-state index contributed by atoms with van der Waals surface area (Å²) in [7, 11) is 0. The van der Waals surface area contributed by atoms with Crippen LogP contribution in [0.15, 0.2) is 29.2 Å². The summed E-state index contributed by atoms with van der Waals surface area (Å²) >= 11 is 1.87. The summed E-state index contributed by atoms with van der Waals surface area (Å²) in [6, 6.07) is 8.45. The lowest BCUT2D eigenvalue weighted by molar-refractivity contribution is 0.127. The van der Waals surface area contributed by atoms with Crippen LogP contribution in [0, 0.1) is 5.92 Å². The van der Waals surface area contributed by atoms with Gasteiger partial charge in [0.1, 0.15) is 0 Å². The van der Waals surface area contributed by atoms with E-state index < -0.39 is 0 Å². The van der Waals surface area contributed by atoms with E-state index in [2.05, 4.69) is 38.1 Å². The molecule has 1 heterocycles. The molecule has 0 aromatic heterocycles. The fourth-order valence-corrected chi connectivity index (χ4v) is 3.47. The van der Waals surface area contributed by atoms with Crippen LogP contribution in [0.4, 0.5) is 0 Å². The van der Waals surface area contributed by atoms with Gasteiger partial charge in [0.25, 0.3) is 0 Å². The zero-order valence-electron chi connectivity index (χ0n) is 9.31. The van der Waals surface area contributed by atoms with Crippen molar-refractivity contribution in [3.05, 3.63) is 29.8 Å². The first-order valence-electron chi connectivity index (χ1n) is 5.58. The van der Waals surface area contributed by atoms with Gasteiger partial charge in [-0.25, -0.2) is 0 Å². The first-order chi connectivity index (χ1) is 7.18. The Morgan fingerprint density at radius 3 is 2.87 bits per heavy atom. The third kappa shape index (κ3) is 2.37. The van der Waals surface area contributed by atoms with Crippen LogP contribution in [0.2, 0.25) is 0 Å². The maximum atomic E-state index is 10.2. The smallest absolute Gasteiger partial charge is 0.0619 e. The molecule has 1 aliphatic rings. The summed E-state index contributed by atoms with van der Waals surface area (Å²) in [4.78, 5) is 1.35. The fourth-order valence-electron chi connectivity index (χ4n) is 2.15. The molecule has 0 radical (unpaired) electrons. The van der Waals surface area contributed by atoms with Gasteiger partial charge in [0.05, 0.1) is 6.10 Å². The van der Waals surface area contributed by atoms with Crippen LogP contribution in [0.1, 0.15) is 31.7 Å². The Labute approximate surface area is 95.9 Å². The third-order valence-corrected chi connectivity index (χ3v) is 4.12. The van der Waals surface area contributed by atoms with Crippen LogP contribution < -0.4 is 0 Å². The van der Waals surface area contributed by atoms with Gasteiger partial charge in [-0.1, -0.05) is 32.0 Å². The molecule has 2 heteroatoms. The predicted octanol–water partition coefficient (Wildman–Crippen LogP) is 3.28. The van der Waals surface area contributed by atoms with Crippen LogP contribution in [0.3, 0.4) is 0 Å². The first kappa shape index (κ1) is 11.0. The second-order valence-corrected chi connectivity index (χ2v) is 5.71. The highest BCUT2D eigenvalue weighted by Gasteiger charge is 2.29. The SMILES string of the molecule is CC(C)CC(O)C1CSc2ccccc21. The molecule has 1 nitrogen and oxygen atoms in total. The molecule has 0 spiro atoms. The number of hydrogen-bond acceptors (Lipinski definition) is 2. The highest BCUT2D eigenvalue weighted by atomic mass is 32.2. The van der Waals surface area contributed by atoms with E-state index in [1.165, 1.54) is 10.5 Å². The molecule has 15 heavy (non-hydrogen) atoms. The zero-order chi connectivity index (χ0) is 10.8. The minimum Gasteiger partial charge on any atom is -0.392 e. The number of thioether (sulfide) groups is 1. The Kier molecular flexibility index (Phi) is 3.37. The Bertz CT molecular complexity index is 335. The van der Waals surface area contributed by atoms with Gasteiger partial charge >= 0.3 is 0 Å². The monoisotopic (exact) mass is 222 g/mol. The van der Waals surface area contributed by atoms with Crippen molar-refractivity contribution < 1.29 is 5.11 Å². The molecule has 0 fully saturated rings. The maximum Gasteiger partial charge on any atom is 0.0619 e. The lowest BCUT2D eigenvalue weighted by Crippen LogP contribution is -2.20. The van der Waals surface area contributed by atoms with Gasteiger partial charge in [-0.15, -0.1) is 11.8 Å². The second kappa shape index (κ2) is 4.58. The lowest BCUT2D eigenvalue weighted by atomic mass is 9.90. The Balaban J connectivity index is 2.13. The van der Waals surface area contributed by atoms with Crippen molar-refractivity contribution in [1.82, 2.24) is 0 Å². The van der Waals surface area contributed by atoms with Gasteiger partial charge in [0, 0.05) is 16.6 Å².